The van der Waals surface area contributed by atoms with Gasteiger partial charge >= 0.3 is 0 Å². The summed E-state index contributed by atoms with van der Waals surface area (Å²) in [6, 6.07) is 12.8. The molecule has 0 saturated heterocycles. The minimum Gasteiger partial charge on any atom is -0.507 e. The first-order valence-corrected chi connectivity index (χ1v) is 20.4. The number of rotatable bonds is 18. The minimum atomic E-state index is -0.0327. The first-order valence-electron chi connectivity index (χ1n) is 20.4. The van der Waals surface area contributed by atoms with E-state index in [1.807, 2.05) is 36.5 Å². The van der Waals surface area contributed by atoms with E-state index < -0.39 is 0 Å². The summed E-state index contributed by atoms with van der Waals surface area (Å²) in [7, 11) is 0. The molecule has 0 fully saturated rings. The molecule has 3 nitrogen and oxygen atoms in total. The number of hydrogen-bond donors (Lipinski definition) is 3. The van der Waals surface area contributed by atoms with Crippen LogP contribution in [-0.4, -0.2) is 15.3 Å². The number of phenolic OH excluding ortho intramolecular Hbond substituents is 3. The van der Waals surface area contributed by atoms with Gasteiger partial charge in [0.2, 0.25) is 0 Å². The predicted octanol–water partition coefficient (Wildman–Crippen LogP) is 14.2. The first kappa shape index (κ1) is 44.4. The number of hydrogen-bond acceptors (Lipinski definition) is 3. The van der Waals surface area contributed by atoms with Gasteiger partial charge in [-0.05, 0) is 90.1 Å². The van der Waals surface area contributed by atoms with Crippen LogP contribution in [0.25, 0.3) is 0 Å². The molecular weight excluding hydrogens is 697 g/mol. The molecule has 0 aliphatic heterocycles. The number of allylic oxidation sites excluding steroid dienone is 6. The van der Waals surface area contributed by atoms with Gasteiger partial charge in [0, 0.05) is 68.9 Å². The Labute approximate surface area is 344 Å². The summed E-state index contributed by atoms with van der Waals surface area (Å²) in [5.41, 5.74) is 16.0. The van der Waals surface area contributed by atoms with Crippen molar-refractivity contribution in [2.24, 2.45) is 0 Å². The Morgan fingerprint density at radius 2 is 0.526 bits per heavy atom. The second-order valence-corrected chi connectivity index (χ2v) is 16.4. The van der Waals surface area contributed by atoms with Crippen molar-refractivity contribution in [3.63, 3.8) is 0 Å². The van der Waals surface area contributed by atoms with E-state index in [9.17, 15) is 15.3 Å². The third-order valence-electron chi connectivity index (χ3n) is 12.6. The lowest BCUT2D eigenvalue weighted by Crippen LogP contribution is -2.11. The second kappa shape index (κ2) is 18.8. The second-order valence-electron chi connectivity index (χ2n) is 16.4. The average molecular weight is 763 g/mol. The summed E-state index contributed by atoms with van der Waals surface area (Å²) in [5.74, 6) is 0.721. The van der Waals surface area contributed by atoms with E-state index in [2.05, 4.69) is 138 Å². The van der Waals surface area contributed by atoms with Gasteiger partial charge in [0.05, 0.1) is 0 Å². The molecule has 0 aromatic heterocycles. The topological polar surface area (TPSA) is 60.7 Å². The Balaban J connectivity index is 2.07. The fraction of sp³-hybridized carbons (Fsp3) is 0.333. The van der Waals surface area contributed by atoms with Gasteiger partial charge in [-0.25, -0.2) is 0 Å². The smallest absolute Gasteiger partial charge is 0.123 e. The molecule has 0 bridgehead atoms. The van der Waals surface area contributed by atoms with Crippen LogP contribution in [0.4, 0.5) is 0 Å². The summed E-state index contributed by atoms with van der Waals surface area (Å²) in [5, 5.41) is 34.3. The van der Waals surface area contributed by atoms with Crippen molar-refractivity contribution >= 4 is 0 Å². The Morgan fingerprint density at radius 3 is 0.667 bits per heavy atom. The third kappa shape index (κ3) is 9.15. The quantitative estimate of drug-likeness (QED) is 0.0885. The van der Waals surface area contributed by atoms with Crippen LogP contribution in [0.1, 0.15) is 161 Å². The van der Waals surface area contributed by atoms with E-state index in [1.165, 1.54) is 33.4 Å². The summed E-state index contributed by atoms with van der Waals surface area (Å²) < 4.78 is 0. The van der Waals surface area contributed by atoms with Crippen LogP contribution in [0.2, 0.25) is 0 Å². The summed E-state index contributed by atoms with van der Waals surface area (Å²) in [4.78, 5) is 0. The maximum absolute atomic E-state index is 11.4. The molecular formula is C54H66O3. The Hall–Kier alpha value is -5.28. The Bertz CT molecular complexity index is 1820. The van der Waals surface area contributed by atoms with Crippen molar-refractivity contribution in [3.05, 3.63) is 196 Å². The fourth-order valence-electron chi connectivity index (χ4n) is 8.18. The molecule has 57 heavy (non-hydrogen) atoms. The molecule has 3 N–H and O–H groups in total. The first-order chi connectivity index (χ1) is 27.0. The van der Waals surface area contributed by atoms with Crippen LogP contribution in [0.15, 0.2) is 112 Å². The summed E-state index contributed by atoms with van der Waals surface area (Å²) in [6.07, 6.45) is 13.3. The lowest BCUT2D eigenvalue weighted by molar-refractivity contribution is 0.457. The van der Waals surface area contributed by atoms with Gasteiger partial charge in [0.15, 0.2) is 0 Å². The molecule has 0 heterocycles. The number of aromatic hydroxyl groups is 3. The minimum absolute atomic E-state index is 0.0327. The lowest BCUT2D eigenvalue weighted by Gasteiger charge is -2.25. The van der Waals surface area contributed by atoms with E-state index in [4.69, 9.17) is 0 Å². The Morgan fingerprint density at radius 1 is 0.368 bits per heavy atom. The van der Waals surface area contributed by atoms with Crippen molar-refractivity contribution in [2.75, 3.05) is 0 Å². The van der Waals surface area contributed by atoms with Gasteiger partial charge in [0.25, 0.3) is 0 Å². The maximum atomic E-state index is 11.4. The number of phenols is 3. The predicted molar refractivity (Wildman–Crippen MR) is 245 cm³/mol. The van der Waals surface area contributed by atoms with Crippen LogP contribution < -0.4 is 0 Å². The highest BCUT2D eigenvalue weighted by Crippen LogP contribution is 2.42. The summed E-state index contributed by atoms with van der Waals surface area (Å²) in [6.45, 7) is 43.4. The lowest BCUT2D eigenvalue weighted by atomic mass is 9.79. The van der Waals surface area contributed by atoms with E-state index in [1.54, 1.807) is 0 Å². The Kier molecular flexibility index (Phi) is 14.6. The van der Waals surface area contributed by atoms with Crippen LogP contribution >= 0.6 is 0 Å². The summed E-state index contributed by atoms with van der Waals surface area (Å²) >= 11 is 0. The van der Waals surface area contributed by atoms with Crippen LogP contribution in [0.3, 0.4) is 0 Å². The van der Waals surface area contributed by atoms with E-state index in [0.717, 1.165) is 50.1 Å². The molecule has 0 aliphatic rings. The molecule has 3 heteroatoms. The standard InChI is InChI=1S/C54H66O3/c1-16-31(7)43-22-40(23-44(52(43)55)32(8)17-2)28-49-37(13)50(29-41-24-45(33(9)18-3)53(56)46(25-41)34(10)19-4)39(15)51(38(49)14)30-42-26-47(35(11)20-5)54(57)48(27-42)36(12)21-6/h16-27,31-36,55-57H,1-6,28-30H2,7-15H3. The number of benzene rings is 4. The molecule has 0 radical (unpaired) electrons. The third-order valence-corrected chi connectivity index (χ3v) is 12.6. The van der Waals surface area contributed by atoms with Crippen LogP contribution in [0, 0.1) is 20.8 Å². The SMILES string of the molecule is C=CC(C)c1cc(Cc2c(C)c(Cc3cc(C(C)C=C)c(O)c(C(C)C=C)c3)c(C)c(Cc3cc(C(C)C=C)c(O)c(C(C)C=C)c3)c2C)cc(C(C)C=C)c1O. The van der Waals surface area contributed by atoms with Crippen molar-refractivity contribution in [2.45, 2.75) is 117 Å². The highest BCUT2D eigenvalue weighted by molar-refractivity contribution is 5.59. The van der Waals surface area contributed by atoms with Gasteiger partial charge in [-0.3, -0.25) is 0 Å². The molecule has 300 valence electrons. The van der Waals surface area contributed by atoms with Gasteiger partial charge < -0.3 is 15.3 Å². The van der Waals surface area contributed by atoms with Crippen LogP contribution in [-0.2, 0) is 19.3 Å². The zero-order valence-corrected chi connectivity index (χ0v) is 36.1. The average Bonchev–Trinajstić information content (AvgIpc) is 3.21. The largest absolute Gasteiger partial charge is 0.507 e. The molecule has 0 spiro atoms. The zero-order chi connectivity index (χ0) is 42.5. The van der Waals surface area contributed by atoms with E-state index in [-0.39, 0.29) is 35.5 Å². The maximum Gasteiger partial charge on any atom is 0.123 e. The van der Waals surface area contributed by atoms with Gasteiger partial charge in [-0.1, -0.05) is 114 Å². The fourth-order valence-corrected chi connectivity index (χ4v) is 8.18. The molecule has 6 atom stereocenters. The monoisotopic (exact) mass is 763 g/mol. The van der Waals surface area contributed by atoms with Gasteiger partial charge in [-0.2, -0.15) is 0 Å². The van der Waals surface area contributed by atoms with Crippen LogP contribution in [0.5, 0.6) is 17.2 Å². The molecule has 4 rings (SSSR count). The van der Waals surface area contributed by atoms with Crippen molar-refractivity contribution < 1.29 is 15.3 Å². The van der Waals surface area contributed by atoms with Gasteiger partial charge in [-0.15, -0.1) is 39.5 Å². The highest BCUT2D eigenvalue weighted by Gasteiger charge is 2.24. The van der Waals surface area contributed by atoms with E-state index >= 15 is 0 Å². The molecule has 4 aromatic carbocycles. The van der Waals surface area contributed by atoms with Crippen molar-refractivity contribution in [3.8, 4) is 17.2 Å². The highest BCUT2D eigenvalue weighted by atomic mass is 16.3. The van der Waals surface area contributed by atoms with Gasteiger partial charge in [0.1, 0.15) is 17.2 Å². The molecule has 4 aromatic rings. The zero-order valence-electron chi connectivity index (χ0n) is 36.1. The normalized spacial score (nSPS) is 14.5. The molecule has 0 amide bonds. The molecule has 0 aliphatic carbocycles. The van der Waals surface area contributed by atoms with E-state index in [0.29, 0.717) is 36.5 Å². The van der Waals surface area contributed by atoms with Crippen molar-refractivity contribution in [1.29, 1.82) is 0 Å². The molecule has 6 unspecified atom stereocenters. The van der Waals surface area contributed by atoms with Crippen molar-refractivity contribution in [1.82, 2.24) is 0 Å². The molecule has 0 saturated carbocycles.